The molecule has 1 aromatic heterocycles. The minimum atomic E-state index is 0.583. The van der Waals surface area contributed by atoms with Gasteiger partial charge in [0, 0.05) is 10.8 Å². The molecule has 0 radical (unpaired) electrons. The van der Waals surface area contributed by atoms with Crippen LogP contribution in [0.4, 0.5) is 0 Å². The Morgan fingerprint density at radius 2 is 1.20 bits per heavy atom. The van der Waals surface area contributed by atoms with Gasteiger partial charge in [-0.3, -0.25) is 0 Å². The first-order chi connectivity index (χ1) is 12.2. The maximum Gasteiger partial charge on any atom is 0.141 e. The van der Waals surface area contributed by atoms with Crippen molar-refractivity contribution in [2.75, 3.05) is 0 Å². The van der Waals surface area contributed by atoms with Gasteiger partial charge in [0.05, 0.1) is 26.6 Å². The van der Waals surface area contributed by atoms with Crippen LogP contribution in [0, 0.1) is 0 Å². The molecule has 0 unspecified atom stereocenters. The average Bonchev–Trinajstić information content (AvgIpc) is 3.07. The van der Waals surface area contributed by atoms with Crippen LogP contribution in [0.25, 0.3) is 44.0 Å². The van der Waals surface area contributed by atoms with Gasteiger partial charge in [-0.1, -0.05) is 77.8 Å². The second-order valence-corrected chi connectivity index (χ2v) is 6.81. The highest BCUT2D eigenvalue weighted by molar-refractivity contribution is 6.39. The Hall–Kier alpha value is -2.55. The SMILES string of the molecule is Clc1cccc(Cl)c1-c1nc2c3ccccc3c3ccccc3c2[nH]1. The molecule has 0 atom stereocenters. The average molecular weight is 363 g/mol. The summed E-state index contributed by atoms with van der Waals surface area (Å²) in [4.78, 5) is 8.31. The number of nitrogens with one attached hydrogen (secondary N) is 1. The van der Waals surface area contributed by atoms with Gasteiger partial charge in [-0.15, -0.1) is 0 Å². The van der Waals surface area contributed by atoms with Crippen molar-refractivity contribution in [1.82, 2.24) is 9.97 Å². The fraction of sp³-hybridized carbons (Fsp3) is 0. The van der Waals surface area contributed by atoms with Crippen molar-refractivity contribution in [1.29, 1.82) is 0 Å². The Bertz CT molecular complexity index is 1180. The Morgan fingerprint density at radius 3 is 1.88 bits per heavy atom. The van der Waals surface area contributed by atoms with Crippen molar-refractivity contribution in [2.45, 2.75) is 0 Å². The van der Waals surface area contributed by atoms with E-state index in [1.165, 1.54) is 10.8 Å². The van der Waals surface area contributed by atoms with Crippen LogP contribution in [0.5, 0.6) is 0 Å². The second-order valence-electron chi connectivity index (χ2n) is 6.00. The molecule has 0 fully saturated rings. The third-order valence-electron chi connectivity index (χ3n) is 4.57. The molecular formula is C21H12Cl2N2. The van der Waals surface area contributed by atoms with Crippen LogP contribution >= 0.6 is 23.2 Å². The summed E-state index contributed by atoms with van der Waals surface area (Å²) in [5, 5.41) is 5.81. The van der Waals surface area contributed by atoms with Crippen LogP contribution in [0.2, 0.25) is 10.0 Å². The molecular weight excluding hydrogens is 351 g/mol. The van der Waals surface area contributed by atoms with Crippen molar-refractivity contribution < 1.29 is 0 Å². The predicted octanol–water partition coefficient (Wildman–Crippen LogP) is 6.84. The number of aromatic amines is 1. The molecule has 0 amide bonds. The molecule has 1 N–H and O–H groups in total. The summed E-state index contributed by atoms with van der Waals surface area (Å²) < 4.78 is 0. The van der Waals surface area contributed by atoms with E-state index in [1.54, 1.807) is 0 Å². The zero-order chi connectivity index (χ0) is 17.0. The number of benzene rings is 4. The Balaban J connectivity index is 1.98. The fourth-order valence-electron chi connectivity index (χ4n) is 3.47. The zero-order valence-corrected chi connectivity index (χ0v) is 14.6. The molecule has 25 heavy (non-hydrogen) atoms. The Labute approximate surface area is 154 Å². The monoisotopic (exact) mass is 362 g/mol. The van der Waals surface area contributed by atoms with Gasteiger partial charge in [0.1, 0.15) is 5.82 Å². The van der Waals surface area contributed by atoms with Crippen LogP contribution in [0.15, 0.2) is 66.7 Å². The van der Waals surface area contributed by atoms with E-state index < -0.39 is 0 Å². The highest BCUT2D eigenvalue weighted by Crippen LogP contribution is 2.38. The van der Waals surface area contributed by atoms with E-state index >= 15 is 0 Å². The van der Waals surface area contributed by atoms with E-state index in [-0.39, 0.29) is 0 Å². The van der Waals surface area contributed by atoms with Crippen molar-refractivity contribution in [3.8, 4) is 11.4 Å². The molecule has 0 saturated heterocycles. The third-order valence-corrected chi connectivity index (χ3v) is 5.20. The molecule has 2 nitrogen and oxygen atoms in total. The van der Waals surface area contributed by atoms with E-state index in [9.17, 15) is 0 Å². The van der Waals surface area contributed by atoms with Crippen molar-refractivity contribution in [3.05, 3.63) is 76.8 Å². The predicted molar refractivity (Wildman–Crippen MR) is 107 cm³/mol. The first-order valence-corrected chi connectivity index (χ1v) is 8.73. The summed E-state index contributed by atoms with van der Waals surface area (Å²) in [6.45, 7) is 0. The van der Waals surface area contributed by atoms with Crippen LogP contribution < -0.4 is 0 Å². The smallest absolute Gasteiger partial charge is 0.141 e. The minimum Gasteiger partial charge on any atom is -0.337 e. The van der Waals surface area contributed by atoms with E-state index in [0.29, 0.717) is 15.9 Å². The molecule has 0 spiro atoms. The molecule has 120 valence electrons. The summed E-state index contributed by atoms with van der Waals surface area (Å²) in [5.74, 6) is 0.687. The molecule has 4 aromatic carbocycles. The Kier molecular flexibility index (Phi) is 3.24. The molecule has 0 aliphatic rings. The van der Waals surface area contributed by atoms with Gasteiger partial charge in [-0.05, 0) is 22.9 Å². The summed E-state index contributed by atoms with van der Waals surface area (Å²) in [6, 6.07) is 22.2. The lowest BCUT2D eigenvalue weighted by Gasteiger charge is -2.05. The van der Waals surface area contributed by atoms with Gasteiger partial charge in [0.15, 0.2) is 0 Å². The lowest BCUT2D eigenvalue weighted by Crippen LogP contribution is -1.83. The highest BCUT2D eigenvalue weighted by atomic mass is 35.5. The van der Waals surface area contributed by atoms with Gasteiger partial charge in [-0.25, -0.2) is 4.98 Å². The second kappa shape index (κ2) is 5.48. The normalized spacial score (nSPS) is 11.6. The van der Waals surface area contributed by atoms with Gasteiger partial charge in [0.2, 0.25) is 0 Å². The lowest BCUT2D eigenvalue weighted by atomic mass is 10.0. The van der Waals surface area contributed by atoms with Crippen molar-refractivity contribution in [2.24, 2.45) is 0 Å². The van der Waals surface area contributed by atoms with Gasteiger partial charge in [-0.2, -0.15) is 0 Å². The summed E-state index contributed by atoms with van der Waals surface area (Å²) >= 11 is 12.8. The lowest BCUT2D eigenvalue weighted by molar-refractivity contribution is 1.34. The molecule has 0 aliphatic heterocycles. The fourth-order valence-corrected chi connectivity index (χ4v) is 4.04. The highest BCUT2D eigenvalue weighted by Gasteiger charge is 2.16. The topological polar surface area (TPSA) is 28.7 Å². The molecule has 5 rings (SSSR count). The number of halogens is 2. The first-order valence-electron chi connectivity index (χ1n) is 7.97. The molecule has 0 saturated carbocycles. The molecule has 0 aliphatic carbocycles. The number of nitrogens with zero attached hydrogens (tertiary/aromatic N) is 1. The van der Waals surface area contributed by atoms with Crippen molar-refractivity contribution in [3.63, 3.8) is 0 Å². The maximum atomic E-state index is 6.38. The number of aromatic nitrogens is 2. The van der Waals surface area contributed by atoms with Crippen molar-refractivity contribution >= 4 is 55.8 Å². The van der Waals surface area contributed by atoms with Crippen LogP contribution in [-0.2, 0) is 0 Å². The van der Waals surface area contributed by atoms with E-state index in [0.717, 1.165) is 27.4 Å². The number of hydrogen-bond donors (Lipinski definition) is 1. The largest absolute Gasteiger partial charge is 0.337 e. The van der Waals surface area contributed by atoms with Gasteiger partial charge >= 0.3 is 0 Å². The summed E-state index contributed by atoms with van der Waals surface area (Å²) in [5.41, 5.74) is 2.66. The zero-order valence-electron chi connectivity index (χ0n) is 13.1. The Morgan fingerprint density at radius 1 is 0.640 bits per heavy atom. The summed E-state index contributed by atoms with van der Waals surface area (Å²) in [7, 11) is 0. The maximum absolute atomic E-state index is 6.38. The molecule has 4 heteroatoms. The molecule has 1 heterocycles. The standard InChI is InChI=1S/C21H12Cl2N2/c22-16-10-5-11-17(23)18(16)21-24-19-14-8-3-1-6-12(14)13-7-2-4-9-15(13)20(19)25-21/h1-11H,(H,24,25). The summed E-state index contributed by atoms with van der Waals surface area (Å²) in [6.07, 6.45) is 0. The van der Waals surface area contributed by atoms with Gasteiger partial charge < -0.3 is 4.98 Å². The number of rotatable bonds is 1. The van der Waals surface area contributed by atoms with Gasteiger partial charge in [0.25, 0.3) is 0 Å². The van der Waals surface area contributed by atoms with E-state index in [1.807, 2.05) is 30.3 Å². The van der Waals surface area contributed by atoms with Crippen LogP contribution in [-0.4, -0.2) is 9.97 Å². The number of fused-ring (bicyclic) bond motifs is 6. The number of H-pyrrole nitrogens is 1. The number of imidazole rings is 1. The van der Waals surface area contributed by atoms with E-state index in [4.69, 9.17) is 28.2 Å². The molecule has 5 aromatic rings. The molecule has 0 bridgehead atoms. The first kappa shape index (κ1) is 14.8. The van der Waals surface area contributed by atoms with Crippen LogP contribution in [0.3, 0.4) is 0 Å². The van der Waals surface area contributed by atoms with E-state index in [2.05, 4.69) is 41.4 Å². The third kappa shape index (κ3) is 2.15. The van der Waals surface area contributed by atoms with Crippen LogP contribution in [0.1, 0.15) is 0 Å². The quantitative estimate of drug-likeness (QED) is 0.324. The minimum absolute atomic E-state index is 0.583. The number of hydrogen-bond acceptors (Lipinski definition) is 1.